The van der Waals surface area contributed by atoms with Gasteiger partial charge in [-0.2, -0.15) is 0 Å². The van der Waals surface area contributed by atoms with Crippen LogP contribution in [0.15, 0.2) is 145 Å². The van der Waals surface area contributed by atoms with E-state index in [1.165, 1.54) is 11.1 Å². The van der Waals surface area contributed by atoms with Crippen LogP contribution in [-0.4, -0.2) is 19.1 Å². The Morgan fingerprint density at radius 2 is 0.721 bits per heavy atom. The van der Waals surface area contributed by atoms with E-state index in [2.05, 4.69) is 91.9 Å². The van der Waals surface area contributed by atoms with Gasteiger partial charge < -0.3 is 29.4 Å². The van der Waals surface area contributed by atoms with E-state index >= 15 is 0 Å². The molecule has 0 aliphatic rings. The molecule has 0 unspecified atom stereocenters. The third-order valence-corrected chi connectivity index (χ3v) is 6.06. The number of aryl methyl sites for hydroxylation is 2. The van der Waals surface area contributed by atoms with Crippen molar-refractivity contribution >= 4 is 0 Å². The van der Waals surface area contributed by atoms with Gasteiger partial charge in [0.05, 0.1) is 35.4 Å². The predicted molar refractivity (Wildman–Crippen MR) is 166 cm³/mol. The quantitative estimate of drug-likeness (QED) is 0.110. The van der Waals surface area contributed by atoms with E-state index in [9.17, 15) is 0 Å². The minimum absolute atomic E-state index is 0. The standard InChI is InChI=1S/2C16H14N2.2HNO2.Zn/c2*1-18-12-17-15(13-8-4-2-5-9-13)16(18)14-10-6-3-7-11-14;2*2-1-3;/h2*2-12H,1H3;2*(H,2,3);/q;;;;+2/p-2. The van der Waals surface area contributed by atoms with Crippen LogP contribution < -0.4 is 0 Å². The Balaban J connectivity index is 0.000000249. The summed E-state index contributed by atoms with van der Waals surface area (Å²) in [4.78, 5) is 25.1. The maximum atomic E-state index is 8.00. The first-order chi connectivity index (χ1) is 20.5. The van der Waals surface area contributed by atoms with Crippen LogP contribution in [0.25, 0.3) is 45.0 Å². The molecule has 0 bridgehead atoms. The normalized spacial score (nSPS) is 9.35. The molecular formula is C32H28N6O4Zn. The number of hydrogen-bond donors (Lipinski definition) is 0. The van der Waals surface area contributed by atoms with Crippen LogP contribution >= 0.6 is 0 Å². The molecule has 0 fully saturated rings. The molecule has 0 atom stereocenters. The van der Waals surface area contributed by atoms with E-state index < -0.39 is 0 Å². The van der Waals surface area contributed by atoms with Gasteiger partial charge in [0, 0.05) is 36.3 Å². The van der Waals surface area contributed by atoms with Crippen molar-refractivity contribution in [3.8, 4) is 45.0 Å². The van der Waals surface area contributed by atoms with Crippen molar-refractivity contribution in [3.05, 3.63) is 154 Å². The molecule has 0 radical (unpaired) electrons. The van der Waals surface area contributed by atoms with Gasteiger partial charge >= 0.3 is 19.5 Å². The SMILES string of the molecule is Cn1cnc(-c2ccccc2)c1-c1ccccc1.Cn1cnc(-c2ccccc2)c1-c1ccccc1.O=N[O-].O=N[O-].[Zn+2]. The third-order valence-electron chi connectivity index (χ3n) is 6.06. The molecule has 4 aromatic carbocycles. The van der Waals surface area contributed by atoms with Gasteiger partial charge in [-0.05, 0) is 0 Å². The number of imidazole rings is 2. The Morgan fingerprint density at radius 1 is 0.488 bits per heavy atom. The third kappa shape index (κ3) is 9.38. The molecule has 0 saturated carbocycles. The van der Waals surface area contributed by atoms with Crippen molar-refractivity contribution < 1.29 is 19.5 Å². The summed E-state index contributed by atoms with van der Waals surface area (Å²) in [7, 11) is 4.06. The smallest absolute Gasteiger partial charge is 0.444 e. The zero-order chi connectivity index (χ0) is 30.2. The molecule has 2 aromatic heterocycles. The molecule has 0 amide bonds. The number of rotatable bonds is 4. The summed E-state index contributed by atoms with van der Waals surface area (Å²) < 4.78 is 4.13. The van der Waals surface area contributed by atoms with Gasteiger partial charge in [-0.1, -0.05) is 121 Å². The van der Waals surface area contributed by atoms with Gasteiger partial charge in [-0.15, -0.1) is 10.7 Å². The van der Waals surface area contributed by atoms with Crippen LogP contribution in [0.3, 0.4) is 0 Å². The van der Waals surface area contributed by atoms with Crippen molar-refractivity contribution in [1.29, 1.82) is 0 Å². The average Bonchev–Trinajstić information content (AvgIpc) is 3.62. The average molecular weight is 626 g/mol. The van der Waals surface area contributed by atoms with Crippen LogP contribution in [-0.2, 0) is 33.6 Å². The first-order valence-corrected chi connectivity index (χ1v) is 12.7. The summed E-state index contributed by atoms with van der Waals surface area (Å²) in [6, 6.07) is 41.3. The molecule has 0 saturated heterocycles. The molecular weight excluding hydrogens is 598 g/mol. The maximum absolute atomic E-state index is 8.00. The Kier molecular flexibility index (Phi) is 14.4. The van der Waals surface area contributed by atoms with Crippen LogP contribution in [0.4, 0.5) is 0 Å². The Bertz CT molecular complexity index is 1520. The maximum Gasteiger partial charge on any atom is 2.00 e. The van der Waals surface area contributed by atoms with E-state index in [0.29, 0.717) is 0 Å². The van der Waals surface area contributed by atoms with E-state index in [1.807, 2.05) is 75.3 Å². The molecule has 212 valence electrons. The first kappa shape index (κ1) is 33.9. The molecule has 11 heteroatoms. The van der Waals surface area contributed by atoms with E-state index in [1.54, 1.807) is 0 Å². The molecule has 6 rings (SSSR count). The molecule has 0 aliphatic carbocycles. The summed E-state index contributed by atoms with van der Waals surface area (Å²) in [6.07, 6.45) is 3.73. The van der Waals surface area contributed by atoms with Gasteiger partial charge in [0.1, 0.15) is 0 Å². The van der Waals surface area contributed by atoms with Gasteiger partial charge in [-0.25, -0.2) is 9.97 Å². The largest absolute Gasteiger partial charge is 2.00 e. The van der Waals surface area contributed by atoms with Crippen molar-refractivity contribution in [1.82, 2.24) is 19.1 Å². The summed E-state index contributed by atoms with van der Waals surface area (Å²) in [6.45, 7) is 0. The van der Waals surface area contributed by atoms with Gasteiger partial charge in [0.25, 0.3) is 0 Å². The molecule has 43 heavy (non-hydrogen) atoms. The van der Waals surface area contributed by atoms with E-state index in [0.717, 1.165) is 44.6 Å². The van der Waals surface area contributed by atoms with Crippen LogP contribution in [0.5, 0.6) is 0 Å². The Labute approximate surface area is 262 Å². The fraction of sp³-hybridized carbons (Fsp3) is 0.0625. The number of benzene rings is 4. The Hall–Kier alpha value is -5.28. The molecule has 0 N–H and O–H groups in total. The summed E-state index contributed by atoms with van der Waals surface area (Å²) in [5.41, 5.74) is 9.05. The monoisotopic (exact) mass is 624 g/mol. The summed E-state index contributed by atoms with van der Waals surface area (Å²) in [5, 5.41) is 18.0. The second kappa shape index (κ2) is 18.2. The van der Waals surface area contributed by atoms with Crippen LogP contribution in [0, 0.1) is 20.2 Å². The second-order valence-corrected chi connectivity index (χ2v) is 8.72. The topological polar surface area (TPSA) is 141 Å². The van der Waals surface area contributed by atoms with Crippen molar-refractivity contribution in [2.75, 3.05) is 0 Å². The van der Waals surface area contributed by atoms with Crippen molar-refractivity contribution in [3.63, 3.8) is 0 Å². The molecule has 0 spiro atoms. The number of aromatic nitrogens is 4. The molecule has 0 aliphatic heterocycles. The fourth-order valence-corrected chi connectivity index (χ4v) is 4.35. The zero-order valence-electron chi connectivity index (χ0n) is 23.7. The molecule has 2 heterocycles. The van der Waals surface area contributed by atoms with E-state index in [4.69, 9.17) is 20.2 Å². The summed E-state index contributed by atoms with van der Waals surface area (Å²) >= 11 is 0. The number of hydrogen-bond acceptors (Lipinski definition) is 8. The minimum atomic E-state index is 0. The fourth-order valence-electron chi connectivity index (χ4n) is 4.35. The van der Waals surface area contributed by atoms with Gasteiger partial charge in [-0.3, -0.25) is 0 Å². The second-order valence-electron chi connectivity index (χ2n) is 8.72. The summed E-state index contributed by atoms with van der Waals surface area (Å²) in [5.74, 6) is 0. The number of nitrogens with zero attached hydrogens (tertiary/aromatic N) is 6. The van der Waals surface area contributed by atoms with Crippen molar-refractivity contribution in [2.24, 2.45) is 24.8 Å². The van der Waals surface area contributed by atoms with Crippen LogP contribution in [0.2, 0.25) is 0 Å². The Morgan fingerprint density at radius 3 is 0.977 bits per heavy atom. The molecule has 6 aromatic rings. The minimum Gasteiger partial charge on any atom is -0.444 e. The van der Waals surface area contributed by atoms with Gasteiger partial charge in [0.15, 0.2) is 0 Å². The zero-order valence-corrected chi connectivity index (χ0v) is 26.7. The van der Waals surface area contributed by atoms with Crippen LogP contribution in [0.1, 0.15) is 0 Å². The first-order valence-electron chi connectivity index (χ1n) is 12.7. The van der Waals surface area contributed by atoms with E-state index in [-0.39, 0.29) is 19.5 Å². The van der Waals surface area contributed by atoms with Crippen molar-refractivity contribution in [2.45, 2.75) is 0 Å². The predicted octanol–water partition coefficient (Wildman–Crippen LogP) is 8.01. The van der Waals surface area contributed by atoms with Gasteiger partial charge in [0.2, 0.25) is 0 Å². The molecule has 10 nitrogen and oxygen atoms in total.